The van der Waals surface area contributed by atoms with E-state index < -0.39 is 0 Å². The maximum Gasteiger partial charge on any atom is 0.308 e. The van der Waals surface area contributed by atoms with Crippen molar-refractivity contribution in [1.82, 2.24) is 5.32 Å². The van der Waals surface area contributed by atoms with Crippen LogP contribution in [-0.2, 0) is 9.53 Å². The van der Waals surface area contributed by atoms with Crippen molar-refractivity contribution in [2.24, 2.45) is 11.8 Å². The first-order chi connectivity index (χ1) is 8.27. The first-order valence-electron chi connectivity index (χ1n) is 7.09. The van der Waals surface area contributed by atoms with Crippen molar-refractivity contribution in [2.75, 3.05) is 20.2 Å². The number of ether oxygens (including phenoxy) is 1. The number of rotatable bonds is 7. The van der Waals surface area contributed by atoms with Gasteiger partial charge in [0.2, 0.25) is 0 Å². The van der Waals surface area contributed by atoms with E-state index in [1.54, 1.807) is 0 Å². The Labute approximate surface area is 105 Å². The SMILES string of the molecule is CCCCCOC(=O)C1CCC(CNC)CC1. The molecule has 0 spiro atoms. The second kappa shape index (κ2) is 8.51. The lowest BCUT2D eigenvalue weighted by Gasteiger charge is -2.27. The Bertz CT molecular complexity index is 210. The van der Waals surface area contributed by atoms with E-state index in [-0.39, 0.29) is 11.9 Å². The first-order valence-corrected chi connectivity index (χ1v) is 7.09. The molecule has 100 valence electrons. The fourth-order valence-corrected chi connectivity index (χ4v) is 2.53. The van der Waals surface area contributed by atoms with Crippen molar-refractivity contribution in [3.8, 4) is 0 Å². The van der Waals surface area contributed by atoms with Gasteiger partial charge in [0.15, 0.2) is 0 Å². The van der Waals surface area contributed by atoms with Gasteiger partial charge in [0.1, 0.15) is 0 Å². The molecule has 17 heavy (non-hydrogen) atoms. The molecule has 0 atom stereocenters. The van der Waals surface area contributed by atoms with Crippen molar-refractivity contribution in [1.29, 1.82) is 0 Å². The van der Waals surface area contributed by atoms with Crippen molar-refractivity contribution in [3.63, 3.8) is 0 Å². The second-order valence-corrected chi connectivity index (χ2v) is 5.15. The van der Waals surface area contributed by atoms with E-state index >= 15 is 0 Å². The van der Waals surface area contributed by atoms with Crippen LogP contribution in [-0.4, -0.2) is 26.2 Å². The summed E-state index contributed by atoms with van der Waals surface area (Å²) < 4.78 is 5.32. The number of nitrogens with one attached hydrogen (secondary N) is 1. The molecule has 3 heteroatoms. The quantitative estimate of drug-likeness (QED) is 0.550. The Kier molecular flexibility index (Phi) is 7.25. The summed E-state index contributed by atoms with van der Waals surface area (Å²) >= 11 is 0. The molecule has 0 bridgehead atoms. The number of hydrogen-bond donors (Lipinski definition) is 1. The summed E-state index contributed by atoms with van der Waals surface area (Å²) in [5, 5.41) is 3.21. The van der Waals surface area contributed by atoms with E-state index in [0.717, 1.165) is 51.0 Å². The minimum Gasteiger partial charge on any atom is -0.465 e. The van der Waals surface area contributed by atoms with Crippen molar-refractivity contribution >= 4 is 5.97 Å². The van der Waals surface area contributed by atoms with Gasteiger partial charge in [-0.15, -0.1) is 0 Å². The molecule has 0 heterocycles. The van der Waals surface area contributed by atoms with Crippen LogP contribution >= 0.6 is 0 Å². The molecule has 0 radical (unpaired) electrons. The van der Waals surface area contributed by atoms with Gasteiger partial charge in [-0.25, -0.2) is 0 Å². The van der Waals surface area contributed by atoms with E-state index in [9.17, 15) is 4.79 Å². The lowest BCUT2D eigenvalue weighted by Crippen LogP contribution is -2.28. The second-order valence-electron chi connectivity index (χ2n) is 5.15. The van der Waals surface area contributed by atoms with Crippen molar-refractivity contribution < 1.29 is 9.53 Å². The normalized spacial score (nSPS) is 24.6. The minimum absolute atomic E-state index is 0.0454. The smallest absolute Gasteiger partial charge is 0.308 e. The van der Waals surface area contributed by atoms with Gasteiger partial charge >= 0.3 is 5.97 Å². The summed E-state index contributed by atoms with van der Waals surface area (Å²) in [7, 11) is 1.99. The third-order valence-corrected chi connectivity index (χ3v) is 3.67. The third-order valence-electron chi connectivity index (χ3n) is 3.67. The van der Waals surface area contributed by atoms with Crippen LogP contribution in [0.4, 0.5) is 0 Å². The van der Waals surface area contributed by atoms with Gasteiger partial charge in [0.25, 0.3) is 0 Å². The average Bonchev–Trinajstić information content (AvgIpc) is 2.36. The highest BCUT2D eigenvalue weighted by atomic mass is 16.5. The molecule has 1 rings (SSSR count). The zero-order chi connectivity index (χ0) is 12.5. The molecule has 3 nitrogen and oxygen atoms in total. The number of carbonyl (C=O) groups excluding carboxylic acids is 1. The summed E-state index contributed by atoms with van der Waals surface area (Å²) in [6.45, 7) is 3.85. The molecule has 0 unspecified atom stereocenters. The molecule has 1 aliphatic rings. The Hall–Kier alpha value is -0.570. The summed E-state index contributed by atoms with van der Waals surface area (Å²) in [5.74, 6) is 0.970. The highest BCUT2D eigenvalue weighted by molar-refractivity contribution is 5.72. The molecule has 0 amide bonds. The average molecular weight is 241 g/mol. The zero-order valence-electron chi connectivity index (χ0n) is 11.3. The molecular weight excluding hydrogens is 214 g/mol. The Morgan fingerprint density at radius 3 is 2.53 bits per heavy atom. The van der Waals surface area contributed by atoms with Gasteiger partial charge in [-0.1, -0.05) is 19.8 Å². The number of unbranched alkanes of at least 4 members (excludes halogenated alkanes) is 2. The molecule has 0 aromatic heterocycles. The highest BCUT2D eigenvalue weighted by Crippen LogP contribution is 2.29. The molecule has 1 saturated carbocycles. The fraction of sp³-hybridized carbons (Fsp3) is 0.929. The predicted molar refractivity (Wildman–Crippen MR) is 69.9 cm³/mol. The number of carbonyl (C=O) groups is 1. The van der Waals surface area contributed by atoms with Gasteiger partial charge in [-0.3, -0.25) is 4.79 Å². The molecule has 1 fully saturated rings. The first kappa shape index (κ1) is 14.5. The summed E-state index contributed by atoms with van der Waals surface area (Å²) in [5.41, 5.74) is 0. The third kappa shape index (κ3) is 5.53. The van der Waals surface area contributed by atoms with Gasteiger partial charge < -0.3 is 10.1 Å². The summed E-state index contributed by atoms with van der Waals surface area (Å²) in [4.78, 5) is 11.8. The highest BCUT2D eigenvalue weighted by Gasteiger charge is 2.26. The van der Waals surface area contributed by atoms with E-state index in [1.807, 2.05) is 7.05 Å². The Morgan fingerprint density at radius 2 is 1.94 bits per heavy atom. The number of hydrogen-bond acceptors (Lipinski definition) is 3. The molecule has 0 saturated heterocycles. The lowest BCUT2D eigenvalue weighted by molar-refractivity contribution is -0.150. The Balaban J connectivity index is 2.12. The molecule has 1 aliphatic carbocycles. The van der Waals surface area contributed by atoms with Crippen molar-refractivity contribution in [3.05, 3.63) is 0 Å². The summed E-state index contributed by atoms with van der Waals surface area (Å²) in [6, 6.07) is 0. The molecular formula is C14H27NO2. The van der Waals surface area contributed by atoms with E-state index in [0.29, 0.717) is 6.61 Å². The predicted octanol–water partition coefficient (Wildman–Crippen LogP) is 2.75. The van der Waals surface area contributed by atoms with Gasteiger partial charge in [0.05, 0.1) is 12.5 Å². The topological polar surface area (TPSA) is 38.3 Å². The van der Waals surface area contributed by atoms with Gasteiger partial charge in [0, 0.05) is 0 Å². The van der Waals surface area contributed by atoms with Gasteiger partial charge in [-0.05, 0) is 51.6 Å². The van der Waals surface area contributed by atoms with Crippen LogP contribution in [0.15, 0.2) is 0 Å². The lowest BCUT2D eigenvalue weighted by atomic mass is 9.82. The van der Waals surface area contributed by atoms with Crippen LogP contribution < -0.4 is 5.32 Å². The molecule has 0 aliphatic heterocycles. The molecule has 0 aromatic rings. The van der Waals surface area contributed by atoms with Crippen molar-refractivity contribution in [2.45, 2.75) is 51.9 Å². The molecule has 0 aromatic carbocycles. The van der Waals surface area contributed by atoms with Crippen LogP contribution in [0.5, 0.6) is 0 Å². The minimum atomic E-state index is 0.0454. The monoisotopic (exact) mass is 241 g/mol. The van der Waals surface area contributed by atoms with E-state index in [1.165, 1.54) is 6.42 Å². The van der Waals surface area contributed by atoms with E-state index in [2.05, 4.69) is 12.2 Å². The van der Waals surface area contributed by atoms with Gasteiger partial charge in [-0.2, -0.15) is 0 Å². The largest absolute Gasteiger partial charge is 0.465 e. The van der Waals surface area contributed by atoms with Crippen LogP contribution in [0.3, 0.4) is 0 Å². The maximum atomic E-state index is 11.8. The van der Waals surface area contributed by atoms with Crippen LogP contribution in [0, 0.1) is 11.8 Å². The van der Waals surface area contributed by atoms with E-state index in [4.69, 9.17) is 4.74 Å². The standard InChI is InChI=1S/C14H27NO2/c1-3-4-5-10-17-14(16)13-8-6-12(7-9-13)11-15-2/h12-13,15H,3-11H2,1-2H3. The Morgan fingerprint density at radius 1 is 1.24 bits per heavy atom. The van der Waals surface area contributed by atoms with Crippen LogP contribution in [0.25, 0.3) is 0 Å². The maximum absolute atomic E-state index is 11.8. The van der Waals surface area contributed by atoms with Crippen LogP contribution in [0.2, 0.25) is 0 Å². The molecule has 1 N–H and O–H groups in total. The summed E-state index contributed by atoms with van der Waals surface area (Å²) in [6.07, 6.45) is 7.69. The zero-order valence-corrected chi connectivity index (χ0v) is 11.3. The fourth-order valence-electron chi connectivity index (χ4n) is 2.53. The van der Waals surface area contributed by atoms with Crippen LogP contribution in [0.1, 0.15) is 51.9 Å². The number of esters is 1.